The molecule has 5 nitrogen and oxygen atoms in total. The van der Waals surface area contributed by atoms with Crippen LogP contribution >= 0.6 is 0 Å². The van der Waals surface area contributed by atoms with Crippen LogP contribution in [-0.2, 0) is 10.8 Å². The molecular formula is C58H51N5. The van der Waals surface area contributed by atoms with Crippen LogP contribution in [0.25, 0.3) is 88.7 Å². The summed E-state index contributed by atoms with van der Waals surface area (Å²) in [5, 5.41) is 4.86. The van der Waals surface area contributed by atoms with Gasteiger partial charge in [-0.2, -0.15) is 0 Å². The Labute approximate surface area is 368 Å². The van der Waals surface area contributed by atoms with Crippen LogP contribution in [0.1, 0.15) is 76.6 Å². The minimum absolute atomic E-state index is 0.0253. The molecule has 0 aliphatic carbocycles. The van der Waals surface area contributed by atoms with E-state index >= 15 is 0 Å². The van der Waals surface area contributed by atoms with Crippen LogP contribution in [-0.4, -0.2) is 24.1 Å². The van der Waals surface area contributed by atoms with E-state index in [1.807, 2.05) is 12.3 Å². The number of hydrogen-bond acceptors (Lipinski definition) is 2. The van der Waals surface area contributed by atoms with E-state index in [-0.39, 0.29) is 10.8 Å². The molecule has 0 amide bonds. The van der Waals surface area contributed by atoms with Crippen molar-refractivity contribution in [3.8, 4) is 34.0 Å². The number of aromatic amines is 1. The third kappa shape index (κ3) is 6.20. The summed E-state index contributed by atoms with van der Waals surface area (Å²) in [5.74, 6) is 2.14. The Morgan fingerprint density at radius 2 is 1.29 bits per heavy atom. The number of fused-ring (bicyclic) bond motifs is 7. The van der Waals surface area contributed by atoms with Gasteiger partial charge in [-0.3, -0.25) is 9.13 Å². The van der Waals surface area contributed by atoms with Crippen molar-refractivity contribution in [1.82, 2.24) is 24.1 Å². The van der Waals surface area contributed by atoms with Gasteiger partial charge in [0.15, 0.2) is 0 Å². The number of nitrogens with one attached hydrogen (secondary N) is 1. The van der Waals surface area contributed by atoms with Crippen LogP contribution in [0, 0.1) is 0 Å². The fourth-order valence-electron chi connectivity index (χ4n) is 9.85. The van der Waals surface area contributed by atoms with Gasteiger partial charge in [0, 0.05) is 55.5 Å². The first kappa shape index (κ1) is 38.7. The van der Waals surface area contributed by atoms with Crippen molar-refractivity contribution in [3.05, 3.63) is 192 Å². The van der Waals surface area contributed by atoms with E-state index in [9.17, 15) is 0 Å². The van der Waals surface area contributed by atoms with E-state index in [0.717, 1.165) is 61.6 Å². The zero-order valence-corrected chi connectivity index (χ0v) is 37.0. The first-order valence-electron chi connectivity index (χ1n) is 22.2. The van der Waals surface area contributed by atoms with Crippen molar-refractivity contribution in [2.75, 3.05) is 0 Å². The number of nitrogens with zero attached hydrogens (tertiary/aromatic N) is 4. The SMILES string of the molecule is CC(C)c1cc(C(C)(C)c2ccccc2)c2c3ccc(-c4cccc5c4nc(-c4cccc6c4[nH]c4ccccc46)n5-c4cccc(C(C)(C)C)c4)cc3n(-c3ccccn3)c2c1. The molecule has 0 spiro atoms. The molecule has 0 bridgehead atoms. The Morgan fingerprint density at radius 1 is 0.556 bits per heavy atom. The summed E-state index contributed by atoms with van der Waals surface area (Å²) in [6, 6.07) is 59.7. The Morgan fingerprint density at radius 3 is 2.08 bits per heavy atom. The summed E-state index contributed by atoms with van der Waals surface area (Å²) >= 11 is 0. The molecule has 11 aromatic rings. The quantitative estimate of drug-likeness (QED) is 0.174. The predicted octanol–water partition coefficient (Wildman–Crippen LogP) is 15.2. The zero-order chi connectivity index (χ0) is 43.2. The Bertz CT molecular complexity index is 3540. The lowest BCUT2D eigenvalue weighted by molar-refractivity contribution is 0.590. The molecular weight excluding hydrogens is 767 g/mol. The number of aromatic nitrogens is 5. The van der Waals surface area contributed by atoms with Crippen molar-refractivity contribution < 1.29 is 0 Å². The van der Waals surface area contributed by atoms with E-state index in [4.69, 9.17) is 9.97 Å². The largest absolute Gasteiger partial charge is 0.354 e. The van der Waals surface area contributed by atoms with Crippen molar-refractivity contribution in [1.29, 1.82) is 0 Å². The third-order valence-corrected chi connectivity index (χ3v) is 13.4. The van der Waals surface area contributed by atoms with Gasteiger partial charge in [0.1, 0.15) is 11.6 Å². The van der Waals surface area contributed by atoms with E-state index in [0.29, 0.717) is 5.92 Å². The van der Waals surface area contributed by atoms with Crippen LogP contribution in [0.5, 0.6) is 0 Å². The number of imidazole rings is 1. The van der Waals surface area contributed by atoms with Crippen molar-refractivity contribution in [2.24, 2.45) is 0 Å². The van der Waals surface area contributed by atoms with Crippen LogP contribution in [0.3, 0.4) is 0 Å². The number of pyridine rings is 1. The second kappa shape index (κ2) is 14.4. The van der Waals surface area contributed by atoms with Crippen molar-refractivity contribution in [2.45, 2.75) is 65.2 Å². The van der Waals surface area contributed by atoms with E-state index in [1.54, 1.807) is 0 Å². The molecule has 4 aromatic heterocycles. The lowest BCUT2D eigenvalue weighted by Gasteiger charge is -2.28. The van der Waals surface area contributed by atoms with Gasteiger partial charge in [-0.1, -0.05) is 158 Å². The van der Waals surface area contributed by atoms with E-state index < -0.39 is 0 Å². The Kier molecular flexibility index (Phi) is 8.85. The fourth-order valence-corrected chi connectivity index (χ4v) is 9.85. The number of rotatable bonds is 7. The summed E-state index contributed by atoms with van der Waals surface area (Å²) in [4.78, 5) is 14.5. The third-order valence-electron chi connectivity index (χ3n) is 13.4. The van der Waals surface area contributed by atoms with Gasteiger partial charge >= 0.3 is 0 Å². The average molecular weight is 818 g/mol. The zero-order valence-electron chi connectivity index (χ0n) is 37.0. The molecule has 63 heavy (non-hydrogen) atoms. The average Bonchev–Trinajstić information content (AvgIpc) is 3.98. The molecule has 11 rings (SSSR count). The maximum absolute atomic E-state index is 5.69. The van der Waals surface area contributed by atoms with E-state index in [1.165, 1.54) is 49.3 Å². The van der Waals surface area contributed by atoms with Gasteiger partial charge in [-0.05, 0) is 93.7 Å². The Hall–Kier alpha value is -7.24. The van der Waals surface area contributed by atoms with Gasteiger partial charge in [0.25, 0.3) is 0 Å². The molecule has 0 fully saturated rings. The van der Waals surface area contributed by atoms with Gasteiger partial charge < -0.3 is 4.98 Å². The molecule has 0 saturated carbocycles. The second-order valence-electron chi connectivity index (χ2n) is 19.0. The summed E-state index contributed by atoms with van der Waals surface area (Å²) < 4.78 is 4.74. The minimum Gasteiger partial charge on any atom is -0.354 e. The first-order valence-corrected chi connectivity index (χ1v) is 22.2. The molecule has 5 heteroatoms. The monoisotopic (exact) mass is 817 g/mol. The maximum Gasteiger partial charge on any atom is 0.147 e. The normalized spacial score (nSPS) is 12.5. The molecule has 4 heterocycles. The molecule has 0 radical (unpaired) electrons. The Balaban J connectivity index is 1.20. The van der Waals surface area contributed by atoms with Gasteiger partial charge in [0.05, 0.1) is 27.6 Å². The molecule has 0 atom stereocenters. The topological polar surface area (TPSA) is 51.4 Å². The van der Waals surface area contributed by atoms with Gasteiger partial charge in [-0.25, -0.2) is 9.97 Å². The van der Waals surface area contributed by atoms with Crippen LogP contribution in [0.15, 0.2) is 170 Å². The molecule has 0 aliphatic heterocycles. The molecule has 1 N–H and O–H groups in total. The molecule has 7 aromatic carbocycles. The number of para-hydroxylation sites is 3. The highest BCUT2D eigenvalue weighted by molar-refractivity contribution is 6.14. The lowest BCUT2D eigenvalue weighted by Crippen LogP contribution is -2.19. The first-order chi connectivity index (χ1) is 30.5. The van der Waals surface area contributed by atoms with Crippen molar-refractivity contribution >= 4 is 54.6 Å². The van der Waals surface area contributed by atoms with Gasteiger partial charge in [0.2, 0.25) is 0 Å². The van der Waals surface area contributed by atoms with Crippen LogP contribution in [0.4, 0.5) is 0 Å². The lowest BCUT2D eigenvalue weighted by atomic mass is 9.75. The summed E-state index contributed by atoms with van der Waals surface area (Å²) in [7, 11) is 0. The van der Waals surface area contributed by atoms with Crippen molar-refractivity contribution in [3.63, 3.8) is 0 Å². The number of H-pyrrole nitrogens is 1. The minimum atomic E-state index is -0.265. The predicted molar refractivity (Wildman–Crippen MR) is 265 cm³/mol. The highest BCUT2D eigenvalue weighted by Gasteiger charge is 2.30. The summed E-state index contributed by atoms with van der Waals surface area (Å²) in [6.45, 7) is 16.1. The van der Waals surface area contributed by atoms with E-state index in [2.05, 4.69) is 220 Å². The maximum atomic E-state index is 5.69. The van der Waals surface area contributed by atoms with Gasteiger partial charge in [-0.15, -0.1) is 0 Å². The standard InChI is InChI=1S/C58H51N5/c1-36(2)38-32-47(58(6,7)39-18-9-8-10-19-39)53-45-30-29-37(33-50(45)63(51(53)34-38)52-28-13-14-31-59-52)42-23-17-27-49-55(42)61-56(62(49)41-21-15-20-40(35-41)57(3,4)5)46-25-16-24-44-43-22-11-12-26-48(43)60-54(44)46/h8-36,60H,1-7H3. The highest BCUT2D eigenvalue weighted by Crippen LogP contribution is 2.45. The number of hydrogen-bond donors (Lipinski definition) is 1. The molecule has 0 aliphatic rings. The molecule has 0 unspecified atom stereocenters. The van der Waals surface area contributed by atoms with Crippen LogP contribution < -0.4 is 0 Å². The highest BCUT2D eigenvalue weighted by atomic mass is 15.1. The smallest absolute Gasteiger partial charge is 0.147 e. The molecule has 0 saturated heterocycles. The molecule has 308 valence electrons. The fraction of sp³-hybridized carbons (Fsp3) is 0.172. The summed E-state index contributed by atoms with van der Waals surface area (Å²) in [6.07, 6.45) is 1.90. The second-order valence-corrected chi connectivity index (χ2v) is 19.0. The summed E-state index contributed by atoms with van der Waals surface area (Å²) in [5.41, 5.74) is 15.7. The van der Waals surface area contributed by atoms with Crippen LogP contribution in [0.2, 0.25) is 0 Å². The number of benzene rings is 7.